The van der Waals surface area contributed by atoms with Gasteiger partial charge in [-0.25, -0.2) is 0 Å². The van der Waals surface area contributed by atoms with Crippen molar-refractivity contribution < 1.29 is 19.1 Å². The quantitative estimate of drug-likeness (QED) is 0.798. The summed E-state index contributed by atoms with van der Waals surface area (Å²) >= 11 is 0. The van der Waals surface area contributed by atoms with E-state index in [1.165, 1.54) is 4.90 Å². The van der Waals surface area contributed by atoms with Crippen molar-refractivity contribution in [1.29, 1.82) is 0 Å². The molecule has 6 nitrogen and oxygen atoms in total. The highest BCUT2D eigenvalue weighted by Crippen LogP contribution is 2.18. The molecule has 1 atom stereocenters. The molecule has 0 spiro atoms. The number of anilines is 1. The highest BCUT2D eigenvalue weighted by Gasteiger charge is 2.28. The van der Waals surface area contributed by atoms with Crippen molar-refractivity contribution in [2.24, 2.45) is 0 Å². The van der Waals surface area contributed by atoms with Gasteiger partial charge in [0.15, 0.2) is 6.10 Å². The van der Waals surface area contributed by atoms with Gasteiger partial charge in [0.25, 0.3) is 5.91 Å². The van der Waals surface area contributed by atoms with Crippen molar-refractivity contribution in [2.75, 3.05) is 5.32 Å². The standard InChI is InChI=1S/C21H22N2O4/c1-14-3-9-18(10-4-14)27-15(2)21(26)22-17-7-5-16(6-8-17)13-23-19(24)11-12-20(23)25/h3-10,15H,11-13H2,1-2H3,(H,22,26). The first-order valence-corrected chi connectivity index (χ1v) is 8.89. The van der Waals surface area contributed by atoms with Crippen molar-refractivity contribution >= 4 is 23.4 Å². The summed E-state index contributed by atoms with van der Waals surface area (Å²) in [5.74, 6) is 0.102. The SMILES string of the molecule is Cc1ccc(OC(C)C(=O)Nc2ccc(CN3C(=O)CCC3=O)cc2)cc1. The van der Waals surface area contributed by atoms with Crippen LogP contribution in [0.5, 0.6) is 5.75 Å². The van der Waals surface area contributed by atoms with Crippen LogP contribution in [-0.2, 0) is 20.9 Å². The predicted octanol–water partition coefficient (Wildman–Crippen LogP) is 3.05. The molecule has 1 aliphatic heterocycles. The molecule has 0 radical (unpaired) electrons. The molecule has 1 N–H and O–H groups in total. The lowest BCUT2D eigenvalue weighted by Crippen LogP contribution is -2.30. The lowest BCUT2D eigenvalue weighted by atomic mass is 10.2. The topological polar surface area (TPSA) is 75.7 Å². The molecule has 27 heavy (non-hydrogen) atoms. The fourth-order valence-electron chi connectivity index (χ4n) is 2.79. The Balaban J connectivity index is 1.55. The summed E-state index contributed by atoms with van der Waals surface area (Å²) in [4.78, 5) is 36.9. The Morgan fingerprint density at radius 1 is 1.04 bits per heavy atom. The molecule has 3 amide bonds. The molecule has 1 unspecified atom stereocenters. The molecule has 6 heteroatoms. The molecule has 1 fully saturated rings. The summed E-state index contributed by atoms with van der Waals surface area (Å²) in [6.45, 7) is 3.94. The van der Waals surface area contributed by atoms with Crippen molar-refractivity contribution in [3.8, 4) is 5.75 Å². The van der Waals surface area contributed by atoms with Crippen LogP contribution in [0.1, 0.15) is 30.9 Å². The Hall–Kier alpha value is -3.15. The first-order chi connectivity index (χ1) is 12.9. The number of amides is 3. The van der Waals surface area contributed by atoms with Gasteiger partial charge in [0.05, 0.1) is 6.54 Å². The largest absolute Gasteiger partial charge is 0.481 e. The van der Waals surface area contributed by atoms with Gasteiger partial charge in [-0.3, -0.25) is 19.3 Å². The maximum atomic E-state index is 12.3. The molecule has 2 aromatic rings. The minimum absolute atomic E-state index is 0.139. The minimum atomic E-state index is -0.646. The van der Waals surface area contributed by atoms with Gasteiger partial charge in [0.2, 0.25) is 11.8 Å². The van der Waals surface area contributed by atoms with Crippen molar-refractivity contribution in [1.82, 2.24) is 4.90 Å². The monoisotopic (exact) mass is 366 g/mol. The molecule has 1 saturated heterocycles. The van der Waals surface area contributed by atoms with E-state index < -0.39 is 6.10 Å². The van der Waals surface area contributed by atoms with Gasteiger partial charge in [-0.2, -0.15) is 0 Å². The summed E-state index contributed by atoms with van der Waals surface area (Å²) in [6, 6.07) is 14.6. The Labute approximate surface area is 158 Å². The number of aryl methyl sites for hydroxylation is 1. The number of nitrogens with one attached hydrogen (secondary N) is 1. The van der Waals surface area contributed by atoms with Gasteiger partial charge in [0.1, 0.15) is 5.75 Å². The number of imide groups is 1. The first kappa shape index (κ1) is 18.6. The number of nitrogens with zero attached hydrogens (tertiary/aromatic N) is 1. The van der Waals surface area contributed by atoms with E-state index in [1.54, 1.807) is 31.2 Å². The molecule has 1 heterocycles. The fraction of sp³-hybridized carbons (Fsp3) is 0.286. The summed E-state index contributed by atoms with van der Waals surface area (Å²) < 4.78 is 5.65. The van der Waals surface area contributed by atoms with Crippen molar-refractivity contribution in [3.63, 3.8) is 0 Å². The average molecular weight is 366 g/mol. The molecule has 140 valence electrons. The van der Waals surface area contributed by atoms with E-state index in [0.29, 0.717) is 11.4 Å². The smallest absolute Gasteiger partial charge is 0.265 e. The summed E-state index contributed by atoms with van der Waals surface area (Å²) in [5.41, 5.74) is 2.58. The molecule has 3 rings (SSSR count). The average Bonchev–Trinajstić information content (AvgIpc) is 2.97. The lowest BCUT2D eigenvalue weighted by Gasteiger charge is -2.16. The molecule has 0 aromatic heterocycles. The minimum Gasteiger partial charge on any atom is -0.481 e. The van der Waals surface area contributed by atoms with Gasteiger partial charge in [-0.05, 0) is 43.7 Å². The molecular weight excluding hydrogens is 344 g/mol. The van der Waals surface area contributed by atoms with Gasteiger partial charge < -0.3 is 10.1 Å². The third-order valence-corrected chi connectivity index (χ3v) is 4.42. The molecule has 1 aliphatic rings. The zero-order valence-corrected chi connectivity index (χ0v) is 15.4. The molecular formula is C21H22N2O4. The lowest BCUT2D eigenvalue weighted by molar-refractivity contribution is -0.139. The van der Waals surface area contributed by atoms with Crippen LogP contribution < -0.4 is 10.1 Å². The number of carbonyl (C=O) groups excluding carboxylic acids is 3. The highest BCUT2D eigenvalue weighted by atomic mass is 16.5. The van der Waals surface area contributed by atoms with Crippen LogP contribution in [0.2, 0.25) is 0 Å². The van der Waals surface area contributed by atoms with E-state index in [2.05, 4.69) is 5.32 Å². The van der Waals surface area contributed by atoms with E-state index >= 15 is 0 Å². The Morgan fingerprint density at radius 2 is 1.63 bits per heavy atom. The summed E-state index contributed by atoms with van der Waals surface area (Å²) in [5, 5.41) is 2.80. The van der Waals surface area contributed by atoms with Crippen LogP contribution in [0.3, 0.4) is 0 Å². The molecule has 0 bridgehead atoms. The molecule has 2 aromatic carbocycles. The van der Waals surface area contributed by atoms with E-state index in [0.717, 1.165) is 11.1 Å². The van der Waals surface area contributed by atoms with E-state index in [4.69, 9.17) is 4.74 Å². The Bertz CT molecular complexity index is 827. The number of hydrogen-bond donors (Lipinski definition) is 1. The van der Waals surface area contributed by atoms with Crippen molar-refractivity contribution in [3.05, 3.63) is 59.7 Å². The van der Waals surface area contributed by atoms with Crippen LogP contribution in [0.25, 0.3) is 0 Å². The van der Waals surface area contributed by atoms with Crippen LogP contribution >= 0.6 is 0 Å². The fourth-order valence-corrected chi connectivity index (χ4v) is 2.79. The van der Waals surface area contributed by atoms with Crippen LogP contribution in [0, 0.1) is 6.92 Å². The number of carbonyl (C=O) groups is 3. The predicted molar refractivity (Wildman–Crippen MR) is 101 cm³/mol. The summed E-state index contributed by atoms with van der Waals surface area (Å²) in [6.07, 6.45) is -0.0789. The molecule has 0 aliphatic carbocycles. The Morgan fingerprint density at radius 3 is 2.22 bits per heavy atom. The zero-order valence-electron chi connectivity index (χ0n) is 15.4. The van der Waals surface area contributed by atoms with Gasteiger partial charge in [-0.1, -0.05) is 29.8 Å². The third kappa shape index (κ3) is 4.73. The van der Waals surface area contributed by atoms with E-state index in [9.17, 15) is 14.4 Å². The second-order valence-electron chi connectivity index (χ2n) is 6.63. The van der Waals surface area contributed by atoms with Crippen LogP contribution in [0.15, 0.2) is 48.5 Å². The zero-order chi connectivity index (χ0) is 19.4. The third-order valence-electron chi connectivity index (χ3n) is 4.42. The van der Waals surface area contributed by atoms with Crippen LogP contribution in [0.4, 0.5) is 5.69 Å². The van der Waals surface area contributed by atoms with Crippen LogP contribution in [-0.4, -0.2) is 28.7 Å². The highest BCUT2D eigenvalue weighted by molar-refractivity contribution is 6.01. The number of likely N-dealkylation sites (tertiary alicyclic amines) is 1. The molecule has 0 saturated carbocycles. The second kappa shape index (κ2) is 8.03. The van der Waals surface area contributed by atoms with E-state index in [1.807, 2.05) is 31.2 Å². The van der Waals surface area contributed by atoms with E-state index in [-0.39, 0.29) is 37.1 Å². The second-order valence-corrected chi connectivity index (χ2v) is 6.63. The summed E-state index contributed by atoms with van der Waals surface area (Å²) in [7, 11) is 0. The number of hydrogen-bond acceptors (Lipinski definition) is 4. The van der Waals surface area contributed by atoms with Gasteiger partial charge >= 0.3 is 0 Å². The number of ether oxygens (including phenoxy) is 1. The van der Waals surface area contributed by atoms with Gasteiger partial charge in [0, 0.05) is 18.5 Å². The maximum absolute atomic E-state index is 12.3. The maximum Gasteiger partial charge on any atom is 0.265 e. The first-order valence-electron chi connectivity index (χ1n) is 8.89. The van der Waals surface area contributed by atoms with Gasteiger partial charge in [-0.15, -0.1) is 0 Å². The normalized spacial score (nSPS) is 15.0. The number of benzene rings is 2. The van der Waals surface area contributed by atoms with Crippen molar-refractivity contribution in [2.45, 2.75) is 39.3 Å². The Kier molecular flexibility index (Phi) is 5.54. The number of rotatable bonds is 6.